The van der Waals surface area contributed by atoms with E-state index in [1.165, 1.54) is 0 Å². The van der Waals surface area contributed by atoms with E-state index >= 15 is 0 Å². The highest BCUT2D eigenvalue weighted by Gasteiger charge is 2.35. The summed E-state index contributed by atoms with van der Waals surface area (Å²) in [4.78, 5) is 14.8. The van der Waals surface area contributed by atoms with E-state index in [9.17, 15) is 4.79 Å². The number of hydrogen-bond acceptors (Lipinski definition) is 2. The molecule has 4 heteroatoms. The van der Waals surface area contributed by atoms with E-state index in [4.69, 9.17) is 11.6 Å². The Morgan fingerprint density at radius 3 is 2.73 bits per heavy atom. The van der Waals surface area contributed by atoms with Crippen LogP contribution in [-0.2, 0) is 0 Å². The number of carbonyl (C=O) groups excluding carboxylic acids is 1. The fraction of sp³-hybridized carbons (Fsp3) is 0.278. The monoisotopic (exact) mass is 314 g/mol. The second kappa shape index (κ2) is 6.01. The number of nitrogens with zero attached hydrogens (tertiary/aromatic N) is 1. The molecule has 0 bridgehead atoms. The summed E-state index contributed by atoms with van der Waals surface area (Å²) >= 11 is 6.13. The molecular weight excluding hydrogens is 296 g/mol. The molecule has 2 aromatic rings. The second-order valence-electron chi connectivity index (χ2n) is 5.62. The smallest absolute Gasteiger partial charge is 0.258 e. The van der Waals surface area contributed by atoms with Crippen LogP contribution in [0.1, 0.15) is 42.4 Å². The van der Waals surface area contributed by atoms with Crippen LogP contribution in [-0.4, -0.2) is 16.8 Å². The van der Waals surface area contributed by atoms with Crippen molar-refractivity contribution in [2.45, 2.75) is 32.5 Å². The van der Waals surface area contributed by atoms with Gasteiger partial charge < -0.3 is 10.2 Å². The third-order valence-electron chi connectivity index (χ3n) is 4.19. The van der Waals surface area contributed by atoms with Gasteiger partial charge in [-0.2, -0.15) is 0 Å². The molecule has 3 nitrogen and oxygen atoms in total. The van der Waals surface area contributed by atoms with E-state index in [0.29, 0.717) is 5.02 Å². The van der Waals surface area contributed by atoms with Gasteiger partial charge in [0.25, 0.3) is 5.91 Å². The Bertz CT molecular complexity index is 701. The van der Waals surface area contributed by atoms with Crippen LogP contribution in [0.2, 0.25) is 5.02 Å². The van der Waals surface area contributed by atoms with Gasteiger partial charge in [0.1, 0.15) is 6.17 Å². The average Bonchev–Trinajstić information content (AvgIpc) is 2.54. The van der Waals surface area contributed by atoms with Crippen LogP contribution < -0.4 is 5.32 Å². The third-order valence-corrected chi connectivity index (χ3v) is 4.43. The normalized spacial score (nSPS) is 18.6. The summed E-state index contributed by atoms with van der Waals surface area (Å²) < 4.78 is 0. The molecule has 114 valence electrons. The van der Waals surface area contributed by atoms with Gasteiger partial charge >= 0.3 is 0 Å². The first-order valence-electron chi connectivity index (χ1n) is 7.55. The van der Waals surface area contributed by atoms with E-state index in [2.05, 4.69) is 19.2 Å². The Morgan fingerprint density at radius 2 is 2.00 bits per heavy atom. The van der Waals surface area contributed by atoms with Crippen molar-refractivity contribution in [1.82, 2.24) is 4.90 Å². The van der Waals surface area contributed by atoms with E-state index in [0.717, 1.165) is 23.2 Å². The molecule has 0 fully saturated rings. The first kappa shape index (κ1) is 14.9. The largest absolute Gasteiger partial charge is 0.361 e. The molecule has 1 aliphatic heterocycles. The Morgan fingerprint density at radius 1 is 1.23 bits per heavy atom. The van der Waals surface area contributed by atoms with Crippen LogP contribution in [0.3, 0.4) is 0 Å². The van der Waals surface area contributed by atoms with Crippen molar-refractivity contribution < 1.29 is 4.79 Å². The van der Waals surface area contributed by atoms with Gasteiger partial charge in [-0.25, -0.2) is 0 Å². The van der Waals surface area contributed by atoms with E-state index in [1.54, 1.807) is 0 Å². The maximum Gasteiger partial charge on any atom is 0.258 e. The summed E-state index contributed by atoms with van der Waals surface area (Å²) in [5.41, 5.74) is 2.59. The topological polar surface area (TPSA) is 32.3 Å². The number of anilines is 1. The second-order valence-corrected chi connectivity index (χ2v) is 6.05. The molecule has 0 saturated heterocycles. The maximum atomic E-state index is 12.9. The molecule has 1 amide bonds. The molecule has 2 atom stereocenters. The van der Waals surface area contributed by atoms with Crippen molar-refractivity contribution in [1.29, 1.82) is 0 Å². The molecule has 0 saturated carbocycles. The average molecular weight is 315 g/mol. The van der Waals surface area contributed by atoms with Crippen LogP contribution in [0, 0.1) is 0 Å². The SMILES string of the molecule is CC[C@@H](C)N1C(=O)c2ccccc2N[C@@H]1c1cccc(Cl)c1. The van der Waals surface area contributed by atoms with Crippen molar-refractivity contribution in [2.24, 2.45) is 0 Å². The minimum atomic E-state index is -0.198. The summed E-state index contributed by atoms with van der Waals surface area (Å²) in [5.74, 6) is 0.0636. The molecule has 1 N–H and O–H groups in total. The van der Waals surface area contributed by atoms with Crippen molar-refractivity contribution in [3.8, 4) is 0 Å². The molecule has 0 unspecified atom stereocenters. The molecule has 2 aromatic carbocycles. The molecule has 3 rings (SSSR count). The quantitative estimate of drug-likeness (QED) is 0.890. The highest BCUT2D eigenvalue weighted by atomic mass is 35.5. The van der Waals surface area contributed by atoms with Gasteiger partial charge in [0, 0.05) is 16.8 Å². The first-order chi connectivity index (χ1) is 10.6. The third kappa shape index (κ3) is 2.57. The standard InChI is InChI=1S/C18H19ClN2O/c1-3-12(2)21-17(13-7-6-8-14(19)11-13)20-16-10-5-4-9-15(16)18(21)22/h4-12,17,20H,3H2,1-2H3/t12-,17+/m1/s1. The number of benzene rings is 2. The van der Waals surface area contributed by atoms with Gasteiger partial charge in [0.05, 0.1) is 5.56 Å². The minimum absolute atomic E-state index is 0.0636. The Balaban J connectivity index is 2.09. The molecule has 0 aliphatic carbocycles. The van der Waals surface area contributed by atoms with Crippen molar-refractivity contribution in [3.63, 3.8) is 0 Å². The predicted molar refractivity (Wildman–Crippen MR) is 90.2 cm³/mol. The summed E-state index contributed by atoms with van der Waals surface area (Å²) in [7, 11) is 0. The lowest BCUT2D eigenvalue weighted by molar-refractivity contribution is 0.0593. The van der Waals surface area contributed by atoms with Crippen molar-refractivity contribution in [3.05, 3.63) is 64.7 Å². The summed E-state index contributed by atoms with van der Waals surface area (Å²) in [6.45, 7) is 4.17. The summed E-state index contributed by atoms with van der Waals surface area (Å²) in [5, 5.41) is 4.16. The number of hydrogen-bond donors (Lipinski definition) is 1. The van der Waals surface area contributed by atoms with Crippen LogP contribution >= 0.6 is 11.6 Å². The Hall–Kier alpha value is -2.00. The highest BCUT2D eigenvalue weighted by molar-refractivity contribution is 6.30. The number of nitrogens with one attached hydrogen (secondary N) is 1. The fourth-order valence-corrected chi connectivity index (χ4v) is 3.04. The van der Waals surface area contributed by atoms with Gasteiger partial charge in [0.2, 0.25) is 0 Å². The maximum absolute atomic E-state index is 12.9. The minimum Gasteiger partial charge on any atom is -0.361 e. The van der Waals surface area contributed by atoms with Crippen LogP contribution in [0.4, 0.5) is 5.69 Å². The number of carbonyl (C=O) groups is 1. The van der Waals surface area contributed by atoms with Gasteiger partial charge in [-0.1, -0.05) is 42.8 Å². The van der Waals surface area contributed by atoms with Crippen LogP contribution in [0.5, 0.6) is 0 Å². The number of amides is 1. The molecule has 0 spiro atoms. The fourth-order valence-electron chi connectivity index (χ4n) is 2.84. The molecule has 0 aromatic heterocycles. The van der Waals surface area contributed by atoms with Gasteiger partial charge in [-0.05, 0) is 43.2 Å². The van der Waals surface area contributed by atoms with Crippen molar-refractivity contribution in [2.75, 3.05) is 5.32 Å². The van der Waals surface area contributed by atoms with E-state index < -0.39 is 0 Å². The number of halogens is 1. The van der Waals surface area contributed by atoms with Crippen molar-refractivity contribution >= 4 is 23.2 Å². The molecule has 1 heterocycles. The van der Waals surface area contributed by atoms with Crippen LogP contribution in [0.25, 0.3) is 0 Å². The number of para-hydroxylation sites is 1. The van der Waals surface area contributed by atoms with Gasteiger partial charge in [-0.15, -0.1) is 0 Å². The van der Waals surface area contributed by atoms with Crippen LogP contribution in [0.15, 0.2) is 48.5 Å². The zero-order valence-electron chi connectivity index (χ0n) is 12.7. The first-order valence-corrected chi connectivity index (χ1v) is 7.93. The summed E-state index contributed by atoms with van der Waals surface area (Å²) in [6.07, 6.45) is 0.697. The highest BCUT2D eigenvalue weighted by Crippen LogP contribution is 2.35. The van der Waals surface area contributed by atoms with E-state index in [-0.39, 0.29) is 18.1 Å². The van der Waals surface area contributed by atoms with Gasteiger partial charge in [-0.3, -0.25) is 4.79 Å². The number of rotatable bonds is 3. The number of fused-ring (bicyclic) bond motifs is 1. The molecule has 22 heavy (non-hydrogen) atoms. The Kier molecular flexibility index (Phi) is 4.08. The lowest BCUT2D eigenvalue weighted by atomic mass is 10.0. The molecular formula is C18H19ClN2O. The lowest BCUT2D eigenvalue weighted by Gasteiger charge is -2.41. The summed E-state index contributed by atoms with van der Waals surface area (Å²) in [6, 6.07) is 15.5. The molecule has 1 aliphatic rings. The zero-order chi connectivity index (χ0) is 15.7. The lowest BCUT2D eigenvalue weighted by Crippen LogP contribution is -2.47. The predicted octanol–water partition coefficient (Wildman–Crippen LogP) is 4.71. The van der Waals surface area contributed by atoms with E-state index in [1.807, 2.05) is 53.4 Å². The molecule has 0 radical (unpaired) electrons. The Labute approximate surface area is 135 Å². The van der Waals surface area contributed by atoms with Gasteiger partial charge in [0.15, 0.2) is 0 Å². The zero-order valence-corrected chi connectivity index (χ0v) is 13.5.